The summed E-state index contributed by atoms with van der Waals surface area (Å²) in [6.45, 7) is 8.77. The molecule has 15 heavy (non-hydrogen) atoms. The molecule has 0 bridgehead atoms. The molecule has 0 spiro atoms. The highest BCUT2D eigenvalue weighted by atomic mass is 16.2. The Bertz CT molecular complexity index is 169. The van der Waals surface area contributed by atoms with Crippen LogP contribution >= 0.6 is 0 Å². The number of nitrogens with two attached hydrogens (primary N) is 1. The van der Waals surface area contributed by atoms with E-state index in [9.17, 15) is 4.79 Å². The number of rotatable bonds is 8. The molecule has 0 rings (SSSR count). The summed E-state index contributed by atoms with van der Waals surface area (Å²) in [6, 6.07) is 0. The maximum absolute atomic E-state index is 11.8. The van der Waals surface area contributed by atoms with Crippen molar-refractivity contribution in [1.29, 1.82) is 0 Å². The summed E-state index contributed by atoms with van der Waals surface area (Å²) < 4.78 is 0. The predicted octanol–water partition coefficient (Wildman–Crippen LogP) is 2.01. The van der Waals surface area contributed by atoms with Gasteiger partial charge in [0.05, 0.1) is 0 Å². The first-order chi connectivity index (χ1) is 7.11. The Balaban J connectivity index is 3.73. The lowest BCUT2D eigenvalue weighted by Gasteiger charge is -2.22. The van der Waals surface area contributed by atoms with E-state index >= 15 is 0 Å². The van der Waals surface area contributed by atoms with Gasteiger partial charge < -0.3 is 10.6 Å². The van der Waals surface area contributed by atoms with E-state index in [-0.39, 0.29) is 0 Å². The van der Waals surface area contributed by atoms with Gasteiger partial charge in [0.25, 0.3) is 0 Å². The standard InChI is InChI=1S/C12H26N2O/c1-4-14(10-11(2)3)12(15)8-6-5-7-9-13/h11H,4-10,13H2,1-3H3. The molecule has 0 radical (unpaired) electrons. The molecule has 2 N–H and O–H groups in total. The molecule has 0 aromatic rings. The van der Waals surface area contributed by atoms with Crippen molar-refractivity contribution in [1.82, 2.24) is 4.90 Å². The first kappa shape index (κ1) is 14.4. The maximum atomic E-state index is 11.8. The first-order valence-electron chi connectivity index (χ1n) is 6.09. The number of hydrogen-bond acceptors (Lipinski definition) is 2. The molecule has 0 aliphatic heterocycles. The van der Waals surface area contributed by atoms with Crippen LogP contribution in [0.1, 0.15) is 46.5 Å². The molecule has 0 saturated heterocycles. The molecule has 0 unspecified atom stereocenters. The van der Waals surface area contributed by atoms with Crippen LogP contribution in [0.2, 0.25) is 0 Å². The minimum atomic E-state index is 0.295. The van der Waals surface area contributed by atoms with Gasteiger partial charge in [-0.25, -0.2) is 0 Å². The number of hydrogen-bond donors (Lipinski definition) is 1. The van der Waals surface area contributed by atoms with E-state index in [4.69, 9.17) is 5.73 Å². The molecular weight excluding hydrogens is 188 g/mol. The van der Waals surface area contributed by atoms with Crippen molar-refractivity contribution in [3.05, 3.63) is 0 Å². The van der Waals surface area contributed by atoms with Gasteiger partial charge in [-0.05, 0) is 32.2 Å². The third kappa shape index (κ3) is 7.37. The highest BCUT2D eigenvalue weighted by molar-refractivity contribution is 5.76. The van der Waals surface area contributed by atoms with Gasteiger partial charge >= 0.3 is 0 Å². The van der Waals surface area contributed by atoms with Crippen LogP contribution < -0.4 is 5.73 Å². The fraction of sp³-hybridized carbons (Fsp3) is 0.917. The SMILES string of the molecule is CCN(CC(C)C)C(=O)CCCCCN. The number of carbonyl (C=O) groups excluding carboxylic acids is 1. The van der Waals surface area contributed by atoms with E-state index in [0.29, 0.717) is 18.2 Å². The molecule has 90 valence electrons. The van der Waals surface area contributed by atoms with Gasteiger partial charge in [-0.2, -0.15) is 0 Å². The minimum Gasteiger partial charge on any atom is -0.343 e. The molecule has 0 heterocycles. The van der Waals surface area contributed by atoms with Crippen molar-refractivity contribution < 1.29 is 4.79 Å². The third-order valence-corrected chi connectivity index (χ3v) is 2.41. The van der Waals surface area contributed by atoms with Crippen LogP contribution in [0.15, 0.2) is 0 Å². The Kier molecular flexibility index (Phi) is 8.38. The topological polar surface area (TPSA) is 46.3 Å². The molecule has 0 aromatic carbocycles. The second kappa shape index (κ2) is 8.72. The first-order valence-corrected chi connectivity index (χ1v) is 6.09. The average Bonchev–Trinajstić information content (AvgIpc) is 2.20. The van der Waals surface area contributed by atoms with E-state index in [1.54, 1.807) is 0 Å². The van der Waals surface area contributed by atoms with Gasteiger partial charge in [0.2, 0.25) is 5.91 Å². The molecule has 0 aliphatic rings. The van der Waals surface area contributed by atoms with Crippen molar-refractivity contribution in [2.45, 2.75) is 46.5 Å². The summed E-state index contributed by atoms with van der Waals surface area (Å²) in [5, 5.41) is 0. The zero-order chi connectivity index (χ0) is 11.7. The minimum absolute atomic E-state index is 0.295. The Morgan fingerprint density at radius 2 is 1.93 bits per heavy atom. The monoisotopic (exact) mass is 214 g/mol. The fourth-order valence-electron chi connectivity index (χ4n) is 1.60. The molecule has 1 amide bonds. The van der Waals surface area contributed by atoms with Crippen LogP contribution in [-0.2, 0) is 4.79 Å². The van der Waals surface area contributed by atoms with E-state index in [2.05, 4.69) is 13.8 Å². The third-order valence-electron chi connectivity index (χ3n) is 2.41. The highest BCUT2D eigenvalue weighted by Gasteiger charge is 2.11. The van der Waals surface area contributed by atoms with E-state index < -0.39 is 0 Å². The second-order valence-electron chi connectivity index (χ2n) is 4.43. The Hall–Kier alpha value is -0.570. The van der Waals surface area contributed by atoms with Gasteiger partial charge in [0, 0.05) is 19.5 Å². The lowest BCUT2D eigenvalue weighted by atomic mass is 10.1. The molecule has 0 fully saturated rings. The lowest BCUT2D eigenvalue weighted by Crippen LogP contribution is -2.33. The largest absolute Gasteiger partial charge is 0.343 e. The summed E-state index contributed by atoms with van der Waals surface area (Å²) in [5.74, 6) is 0.848. The predicted molar refractivity (Wildman–Crippen MR) is 64.6 cm³/mol. The van der Waals surface area contributed by atoms with Crippen LogP contribution in [0.25, 0.3) is 0 Å². The van der Waals surface area contributed by atoms with E-state index in [0.717, 1.165) is 38.9 Å². The molecule has 3 nitrogen and oxygen atoms in total. The van der Waals surface area contributed by atoms with E-state index in [1.165, 1.54) is 0 Å². The molecule has 0 aliphatic carbocycles. The summed E-state index contributed by atoms with van der Waals surface area (Å²) in [6.07, 6.45) is 3.76. The Labute approximate surface area is 94.0 Å². The van der Waals surface area contributed by atoms with Crippen LogP contribution in [-0.4, -0.2) is 30.4 Å². The summed E-state index contributed by atoms with van der Waals surface area (Å²) in [4.78, 5) is 13.7. The number of unbranched alkanes of at least 4 members (excludes halogenated alkanes) is 2. The van der Waals surface area contributed by atoms with Gasteiger partial charge in [0.1, 0.15) is 0 Å². The van der Waals surface area contributed by atoms with E-state index in [1.807, 2.05) is 11.8 Å². The van der Waals surface area contributed by atoms with Crippen molar-refractivity contribution in [3.63, 3.8) is 0 Å². The fourth-order valence-corrected chi connectivity index (χ4v) is 1.60. The smallest absolute Gasteiger partial charge is 0.222 e. The number of amides is 1. The zero-order valence-electron chi connectivity index (χ0n) is 10.5. The van der Waals surface area contributed by atoms with Gasteiger partial charge in [-0.15, -0.1) is 0 Å². The van der Waals surface area contributed by atoms with Crippen molar-refractivity contribution in [2.24, 2.45) is 11.7 Å². The summed E-state index contributed by atoms with van der Waals surface area (Å²) in [5.41, 5.74) is 5.40. The van der Waals surface area contributed by atoms with Gasteiger partial charge in [-0.3, -0.25) is 4.79 Å². The average molecular weight is 214 g/mol. The quantitative estimate of drug-likeness (QED) is 0.628. The van der Waals surface area contributed by atoms with Crippen LogP contribution in [0.4, 0.5) is 0 Å². The molecular formula is C12H26N2O. The molecule has 0 atom stereocenters. The molecule has 0 aromatic heterocycles. The summed E-state index contributed by atoms with van der Waals surface area (Å²) >= 11 is 0. The normalized spacial score (nSPS) is 10.7. The van der Waals surface area contributed by atoms with Gasteiger partial charge in [-0.1, -0.05) is 20.3 Å². The number of nitrogens with zero attached hydrogens (tertiary/aromatic N) is 1. The van der Waals surface area contributed by atoms with Crippen LogP contribution in [0.3, 0.4) is 0 Å². The van der Waals surface area contributed by atoms with Crippen molar-refractivity contribution in [3.8, 4) is 0 Å². The lowest BCUT2D eigenvalue weighted by molar-refractivity contribution is -0.131. The molecule has 0 saturated carbocycles. The van der Waals surface area contributed by atoms with Gasteiger partial charge in [0.15, 0.2) is 0 Å². The zero-order valence-corrected chi connectivity index (χ0v) is 10.5. The van der Waals surface area contributed by atoms with Crippen molar-refractivity contribution >= 4 is 5.91 Å². The van der Waals surface area contributed by atoms with Crippen LogP contribution in [0, 0.1) is 5.92 Å². The molecule has 3 heteroatoms. The number of carbonyl (C=O) groups is 1. The summed E-state index contributed by atoms with van der Waals surface area (Å²) in [7, 11) is 0. The highest BCUT2D eigenvalue weighted by Crippen LogP contribution is 2.05. The Morgan fingerprint density at radius 3 is 2.40 bits per heavy atom. The van der Waals surface area contributed by atoms with Crippen LogP contribution in [0.5, 0.6) is 0 Å². The second-order valence-corrected chi connectivity index (χ2v) is 4.43. The Morgan fingerprint density at radius 1 is 1.27 bits per heavy atom. The maximum Gasteiger partial charge on any atom is 0.222 e. The van der Waals surface area contributed by atoms with Crippen molar-refractivity contribution in [2.75, 3.05) is 19.6 Å².